The Labute approximate surface area is 177 Å². The Kier molecular flexibility index (Phi) is 7.43. The monoisotopic (exact) mass is 414 g/mol. The summed E-state index contributed by atoms with van der Waals surface area (Å²) in [6, 6.07) is 6.65. The summed E-state index contributed by atoms with van der Waals surface area (Å²) < 4.78 is 5.35. The van der Waals surface area contributed by atoms with Crippen LogP contribution in [0.2, 0.25) is 0 Å². The van der Waals surface area contributed by atoms with Gasteiger partial charge in [0, 0.05) is 5.92 Å². The van der Waals surface area contributed by atoms with Gasteiger partial charge in [-0.25, -0.2) is 9.59 Å². The van der Waals surface area contributed by atoms with Gasteiger partial charge in [-0.2, -0.15) is 0 Å². The fourth-order valence-electron chi connectivity index (χ4n) is 3.67. The Bertz CT molecular complexity index is 800. The summed E-state index contributed by atoms with van der Waals surface area (Å²) in [5.41, 5.74) is 0.0118. The zero-order valence-corrected chi connectivity index (χ0v) is 17.7. The van der Waals surface area contributed by atoms with E-state index in [0.717, 1.165) is 5.56 Å². The Morgan fingerprint density at radius 1 is 1.20 bits per heavy atom. The van der Waals surface area contributed by atoms with Crippen LogP contribution in [0.5, 0.6) is 0 Å². The topological polar surface area (TPSA) is 95.9 Å². The van der Waals surface area contributed by atoms with Crippen LogP contribution in [0.15, 0.2) is 55.6 Å². The number of nitrogens with zero attached hydrogens (tertiary/aromatic N) is 1. The Morgan fingerprint density at radius 2 is 1.83 bits per heavy atom. The number of nitrogens with one attached hydrogen (secondary N) is 1. The summed E-state index contributed by atoms with van der Waals surface area (Å²) in [7, 11) is 0. The van der Waals surface area contributed by atoms with Gasteiger partial charge in [-0.15, -0.1) is 13.2 Å². The molecule has 1 aliphatic heterocycles. The van der Waals surface area contributed by atoms with Crippen LogP contribution in [0, 0.1) is 0 Å². The number of ether oxygens (including phenoxy) is 1. The minimum Gasteiger partial charge on any atom is -0.480 e. The van der Waals surface area contributed by atoms with Crippen molar-refractivity contribution in [2.75, 3.05) is 0 Å². The third-order valence-electron chi connectivity index (χ3n) is 4.98. The zero-order chi connectivity index (χ0) is 22.5. The van der Waals surface area contributed by atoms with Crippen molar-refractivity contribution in [2.45, 2.75) is 63.3 Å². The fourth-order valence-corrected chi connectivity index (χ4v) is 3.67. The highest BCUT2D eigenvalue weighted by molar-refractivity contribution is 5.91. The van der Waals surface area contributed by atoms with Crippen LogP contribution < -0.4 is 5.32 Å². The first-order chi connectivity index (χ1) is 14.1. The quantitative estimate of drug-likeness (QED) is 0.666. The molecule has 162 valence electrons. The van der Waals surface area contributed by atoms with E-state index in [1.54, 1.807) is 32.9 Å². The minimum absolute atomic E-state index is 0.320. The molecule has 0 aromatic heterocycles. The van der Waals surface area contributed by atoms with Gasteiger partial charge in [0.15, 0.2) is 0 Å². The lowest BCUT2D eigenvalue weighted by Crippen LogP contribution is -2.56. The number of benzene rings is 1. The lowest BCUT2D eigenvalue weighted by atomic mass is 9.90. The van der Waals surface area contributed by atoms with Crippen LogP contribution >= 0.6 is 0 Å². The van der Waals surface area contributed by atoms with Crippen LogP contribution in [0.1, 0.15) is 45.1 Å². The van der Waals surface area contributed by atoms with E-state index in [1.165, 1.54) is 4.90 Å². The van der Waals surface area contributed by atoms with E-state index >= 15 is 0 Å². The number of rotatable bonds is 7. The molecule has 7 heteroatoms. The normalized spacial score (nSPS) is 20.7. The molecule has 0 bridgehead atoms. The molecular weight excluding hydrogens is 384 g/mol. The highest BCUT2D eigenvalue weighted by Gasteiger charge is 2.44. The van der Waals surface area contributed by atoms with Gasteiger partial charge in [-0.05, 0) is 39.2 Å². The molecule has 0 saturated carbocycles. The van der Waals surface area contributed by atoms with Crippen molar-refractivity contribution < 1.29 is 24.2 Å². The summed E-state index contributed by atoms with van der Waals surface area (Å²) in [6.45, 7) is 12.8. The average molecular weight is 415 g/mol. The SMILES string of the molecule is C=C[C@H](c1ccccc1)[C@@H](NC(=O)OC(C)(C)C)C(=O)N1[C@@H](C=C)CC[C@H]1C(=O)O. The maximum Gasteiger partial charge on any atom is 0.408 e. The third-order valence-corrected chi connectivity index (χ3v) is 4.98. The summed E-state index contributed by atoms with van der Waals surface area (Å²) in [6.07, 6.45) is 3.20. The summed E-state index contributed by atoms with van der Waals surface area (Å²) >= 11 is 0. The number of carbonyl (C=O) groups is 3. The fraction of sp³-hybridized carbons (Fsp3) is 0.435. The van der Waals surface area contributed by atoms with E-state index in [0.29, 0.717) is 12.8 Å². The molecular formula is C23H30N2O5. The Morgan fingerprint density at radius 3 is 2.33 bits per heavy atom. The standard InChI is InChI=1S/C23H30N2O5/c1-6-16-13-14-18(21(27)28)25(16)20(26)19(24-22(29)30-23(3,4)5)17(7-2)15-11-9-8-10-12-15/h6-12,16-19H,1-2,13-14H2,3-5H3,(H,24,29)(H,27,28)/t16-,17+,18-,19+/m0/s1. The molecule has 7 nitrogen and oxygen atoms in total. The van der Waals surface area contributed by atoms with Gasteiger partial charge in [-0.1, -0.05) is 42.5 Å². The molecule has 2 rings (SSSR count). The number of carboxylic acid groups (broad SMARTS) is 1. The molecule has 4 atom stereocenters. The first-order valence-electron chi connectivity index (χ1n) is 9.93. The number of aliphatic carboxylic acids is 1. The van der Waals surface area contributed by atoms with Crippen LogP contribution in [0.4, 0.5) is 4.79 Å². The molecule has 0 unspecified atom stereocenters. The highest BCUT2D eigenvalue weighted by atomic mass is 16.6. The lowest BCUT2D eigenvalue weighted by molar-refractivity contribution is -0.150. The molecule has 1 aromatic rings. The first kappa shape index (κ1) is 23.2. The number of carbonyl (C=O) groups excluding carboxylic acids is 2. The van der Waals surface area contributed by atoms with Crippen LogP contribution in [-0.2, 0) is 14.3 Å². The van der Waals surface area contributed by atoms with Crippen LogP contribution in [0.25, 0.3) is 0 Å². The maximum absolute atomic E-state index is 13.6. The van der Waals surface area contributed by atoms with Crippen molar-refractivity contribution in [2.24, 2.45) is 0 Å². The number of carboxylic acids is 1. The maximum atomic E-state index is 13.6. The van der Waals surface area contributed by atoms with E-state index in [-0.39, 0.29) is 0 Å². The molecule has 1 fully saturated rings. The van der Waals surface area contributed by atoms with Gasteiger partial charge in [0.2, 0.25) is 5.91 Å². The zero-order valence-electron chi connectivity index (χ0n) is 17.7. The van der Waals surface area contributed by atoms with E-state index < -0.39 is 47.6 Å². The molecule has 2 N–H and O–H groups in total. The van der Waals surface area contributed by atoms with Crippen molar-refractivity contribution in [3.05, 3.63) is 61.2 Å². The molecule has 0 spiro atoms. The first-order valence-corrected chi connectivity index (χ1v) is 9.93. The molecule has 1 heterocycles. The van der Waals surface area contributed by atoms with Crippen molar-refractivity contribution in [3.63, 3.8) is 0 Å². The van der Waals surface area contributed by atoms with Crippen LogP contribution in [-0.4, -0.2) is 51.7 Å². The van der Waals surface area contributed by atoms with Gasteiger partial charge >= 0.3 is 12.1 Å². The number of likely N-dealkylation sites (tertiary alicyclic amines) is 1. The minimum atomic E-state index is -1.08. The van der Waals surface area contributed by atoms with Crippen molar-refractivity contribution in [3.8, 4) is 0 Å². The van der Waals surface area contributed by atoms with Crippen molar-refractivity contribution in [1.82, 2.24) is 10.2 Å². The van der Waals surface area contributed by atoms with Crippen molar-refractivity contribution in [1.29, 1.82) is 0 Å². The van der Waals surface area contributed by atoms with E-state index in [4.69, 9.17) is 4.74 Å². The molecule has 1 saturated heterocycles. The second-order valence-electron chi connectivity index (χ2n) is 8.28. The van der Waals surface area contributed by atoms with Crippen LogP contribution in [0.3, 0.4) is 0 Å². The predicted octanol–water partition coefficient (Wildman–Crippen LogP) is 3.48. The third kappa shape index (κ3) is 5.49. The lowest BCUT2D eigenvalue weighted by Gasteiger charge is -2.34. The van der Waals surface area contributed by atoms with E-state index in [9.17, 15) is 19.5 Å². The Hall–Kier alpha value is -3.09. The number of alkyl carbamates (subject to hydrolysis) is 1. The smallest absolute Gasteiger partial charge is 0.408 e. The largest absolute Gasteiger partial charge is 0.480 e. The molecule has 30 heavy (non-hydrogen) atoms. The van der Waals surface area contributed by atoms with Gasteiger partial charge < -0.3 is 20.1 Å². The number of amides is 2. The molecule has 2 amide bonds. The molecule has 1 aromatic carbocycles. The molecule has 0 aliphatic carbocycles. The summed E-state index contributed by atoms with van der Waals surface area (Å²) in [5, 5.41) is 12.3. The number of hydrogen-bond acceptors (Lipinski definition) is 4. The summed E-state index contributed by atoms with van der Waals surface area (Å²) in [4.78, 5) is 39.2. The van der Waals surface area contributed by atoms with E-state index in [1.807, 2.05) is 30.3 Å². The predicted molar refractivity (Wildman–Crippen MR) is 114 cm³/mol. The second-order valence-corrected chi connectivity index (χ2v) is 8.28. The Balaban J connectivity index is 2.44. The van der Waals surface area contributed by atoms with Gasteiger partial charge in [0.1, 0.15) is 17.7 Å². The van der Waals surface area contributed by atoms with Gasteiger partial charge in [0.25, 0.3) is 0 Å². The highest BCUT2D eigenvalue weighted by Crippen LogP contribution is 2.30. The molecule has 1 aliphatic rings. The number of hydrogen-bond donors (Lipinski definition) is 2. The summed E-state index contributed by atoms with van der Waals surface area (Å²) in [5.74, 6) is -2.17. The second kappa shape index (κ2) is 9.61. The van der Waals surface area contributed by atoms with Gasteiger partial charge in [-0.3, -0.25) is 4.79 Å². The van der Waals surface area contributed by atoms with Gasteiger partial charge in [0.05, 0.1) is 6.04 Å². The average Bonchev–Trinajstić information content (AvgIpc) is 3.11. The molecule has 0 radical (unpaired) electrons. The van der Waals surface area contributed by atoms with E-state index in [2.05, 4.69) is 18.5 Å². The van der Waals surface area contributed by atoms with Crippen molar-refractivity contribution >= 4 is 18.0 Å².